The zero-order chi connectivity index (χ0) is 30.5. The lowest BCUT2D eigenvalue weighted by molar-refractivity contribution is -0.318. The third kappa shape index (κ3) is 5.70. The molecule has 15 heteroatoms. The molecule has 0 radical (unpaired) electrons. The SMILES string of the molecule is C[C@H]1O[C@@H](OC[C@@H]2O[C@@H](Oc3cc(O)c4c(c3)O[C@@H](c3ccc(O)c(O)c3)CC4=O)[C@H](O)[C@@H](O)[C@@H]2O)[C@H](O)[C@H](O)[C@H]1O. The van der Waals surface area contributed by atoms with E-state index in [0.717, 1.165) is 6.07 Å². The molecule has 0 bridgehead atoms. The summed E-state index contributed by atoms with van der Waals surface area (Å²) in [6, 6.07) is 6.26. The summed E-state index contributed by atoms with van der Waals surface area (Å²) in [5.41, 5.74) is 0.255. The number of ketones is 1. The Morgan fingerprint density at radius 2 is 1.48 bits per heavy atom. The van der Waals surface area contributed by atoms with Crippen molar-refractivity contribution >= 4 is 5.78 Å². The Morgan fingerprint density at radius 3 is 2.19 bits per heavy atom. The lowest BCUT2D eigenvalue weighted by Crippen LogP contribution is -2.61. The van der Waals surface area contributed by atoms with Gasteiger partial charge in [0.1, 0.15) is 71.6 Å². The van der Waals surface area contributed by atoms with Crippen molar-refractivity contribution in [3.8, 4) is 28.7 Å². The molecule has 3 heterocycles. The molecule has 0 aromatic heterocycles. The maximum atomic E-state index is 12.8. The van der Waals surface area contributed by atoms with Crippen LogP contribution >= 0.6 is 0 Å². The van der Waals surface area contributed by atoms with Gasteiger partial charge in [-0.25, -0.2) is 0 Å². The van der Waals surface area contributed by atoms with Gasteiger partial charge in [-0.3, -0.25) is 4.79 Å². The summed E-state index contributed by atoms with van der Waals surface area (Å²) in [6.07, 6.45) is -16.1. The maximum absolute atomic E-state index is 12.8. The quantitative estimate of drug-likeness (QED) is 0.173. The van der Waals surface area contributed by atoms with Crippen molar-refractivity contribution in [2.75, 3.05) is 6.61 Å². The molecule has 3 aliphatic heterocycles. The molecule has 0 spiro atoms. The van der Waals surface area contributed by atoms with Gasteiger partial charge in [0, 0.05) is 12.1 Å². The minimum Gasteiger partial charge on any atom is -0.507 e. The minimum absolute atomic E-state index is 0.0807. The van der Waals surface area contributed by atoms with E-state index < -0.39 is 91.4 Å². The van der Waals surface area contributed by atoms with Crippen LogP contribution in [0, 0.1) is 0 Å². The van der Waals surface area contributed by atoms with E-state index >= 15 is 0 Å². The van der Waals surface area contributed by atoms with E-state index in [-0.39, 0.29) is 29.2 Å². The standard InChI is InChI=1S/C27H32O15/c1-9-20(32)22(34)24(36)26(39-9)38-8-18-21(33)23(35)25(37)27(42-18)40-11-5-14(30)19-15(31)7-16(41-17(19)6-11)10-2-3-12(28)13(29)4-10/h2-6,9,16,18,20-30,32-37H,7-8H2,1H3/t9-,16-,18+,20+,21-,22-,23+,24-,25-,26-,27-/m1/s1. The van der Waals surface area contributed by atoms with Gasteiger partial charge in [-0.05, 0) is 24.6 Å². The van der Waals surface area contributed by atoms with Crippen LogP contribution in [0.1, 0.15) is 35.4 Å². The molecule has 5 rings (SSSR count). The van der Waals surface area contributed by atoms with Gasteiger partial charge in [0.2, 0.25) is 6.29 Å². The molecule has 0 amide bonds. The first kappa shape index (κ1) is 30.2. The third-order valence-electron chi connectivity index (χ3n) is 7.50. The van der Waals surface area contributed by atoms with Crippen LogP contribution in [-0.4, -0.2) is 120 Å². The molecule has 9 N–H and O–H groups in total. The number of phenolic OH excluding ortho intramolecular Hbond substituents is 3. The minimum atomic E-state index is -1.78. The number of hydrogen-bond acceptors (Lipinski definition) is 15. The van der Waals surface area contributed by atoms with Gasteiger partial charge >= 0.3 is 0 Å². The average Bonchev–Trinajstić information content (AvgIpc) is 2.95. The Labute approximate surface area is 238 Å². The van der Waals surface area contributed by atoms with Gasteiger partial charge < -0.3 is 69.6 Å². The molecule has 3 aliphatic rings. The van der Waals surface area contributed by atoms with Crippen molar-refractivity contribution in [3.63, 3.8) is 0 Å². The second-order valence-electron chi connectivity index (χ2n) is 10.4. The van der Waals surface area contributed by atoms with Crippen molar-refractivity contribution in [2.45, 2.75) is 80.9 Å². The highest BCUT2D eigenvalue weighted by molar-refractivity contribution is 6.02. The van der Waals surface area contributed by atoms with E-state index in [1.54, 1.807) is 0 Å². The van der Waals surface area contributed by atoms with Crippen LogP contribution in [-0.2, 0) is 14.2 Å². The Kier molecular flexibility index (Phi) is 8.48. The highest BCUT2D eigenvalue weighted by atomic mass is 16.7. The molecule has 2 fully saturated rings. The second-order valence-corrected chi connectivity index (χ2v) is 10.4. The van der Waals surface area contributed by atoms with Gasteiger partial charge in [-0.2, -0.15) is 0 Å². The van der Waals surface area contributed by atoms with Crippen molar-refractivity contribution < 1.29 is 74.4 Å². The van der Waals surface area contributed by atoms with E-state index in [1.807, 2.05) is 0 Å². The third-order valence-corrected chi connectivity index (χ3v) is 7.50. The van der Waals surface area contributed by atoms with Crippen molar-refractivity contribution in [3.05, 3.63) is 41.5 Å². The van der Waals surface area contributed by atoms with Crippen LogP contribution in [0.4, 0.5) is 0 Å². The molecule has 0 unspecified atom stereocenters. The van der Waals surface area contributed by atoms with Crippen molar-refractivity contribution in [1.82, 2.24) is 0 Å². The molecule has 2 saturated heterocycles. The average molecular weight is 597 g/mol. The number of aliphatic hydroxyl groups excluding tert-OH is 6. The highest BCUT2D eigenvalue weighted by Crippen LogP contribution is 2.43. The number of aliphatic hydroxyl groups is 6. The lowest BCUT2D eigenvalue weighted by Gasteiger charge is -2.42. The highest BCUT2D eigenvalue weighted by Gasteiger charge is 2.47. The van der Waals surface area contributed by atoms with Crippen LogP contribution in [0.2, 0.25) is 0 Å². The van der Waals surface area contributed by atoms with Crippen LogP contribution < -0.4 is 9.47 Å². The number of phenols is 3. The van der Waals surface area contributed by atoms with Crippen LogP contribution in [0.5, 0.6) is 28.7 Å². The number of carbonyl (C=O) groups excluding carboxylic acids is 1. The Balaban J connectivity index is 1.30. The van der Waals surface area contributed by atoms with E-state index in [1.165, 1.54) is 31.2 Å². The summed E-state index contributed by atoms with van der Waals surface area (Å²) in [5, 5.41) is 91.3. The van der Waals surface area contributed by atoms with Gasteiger partial charge in [0.25, 0.3) is 0 Å². The van der Waals surface area contributed by atoms with Gasteiger partial charge in [-0.15, -0.1) is 0 Å². The summed E-state index contributed by atoms with van der Waals surface area (Å²) < 4.78 is 27.9. The number of rotatable bonds is 6. The Hall–Kier alpha value is -3.25. The molecule has 0 saturated carbocycles. The first-order valence-electron chi connectivity index (χ1n) is 13.1. The van der Waals surface area contributed by atoms with E-state index in [0.29, 0.717) is 5.56 Å². The fourth-order valence-electron chi connectivity index (χ4n) is 5.04. The van der Waals surface area contributed by atoms with Crippen molar-refractivity contribution in [2.24, 2.45) is 0 Å². The summed E-state index contributed by atoms with van der Waals surface area (Å²) in [6.45, 7) is 0.949. The topological polar surface area (TPSA) is 245 Å². The fraction of sp³-hybridized carbons (Fsp3) is 0.519. The number of benzene rings is 2. The van der Waals surface area contributed by atoms with Crippen LogP contribution in [0.15, 0.2) is 30.3 Å². The Morgan fingerprint density at radius 1 is 0.786 bits per heavy atom. The van der Waals surface area contributed by atoms with E-state index in [2.05, 4.69) is 0 Å². The smallest absolute Gasteiger partial charge is 0.229 e. The van der Waals surface area contributed by atoms with E-state index in [4.69, 9.17) is 23.7 Å². The molecule has 2 aromatic rings. The predicted octanol–water partition coefficient (Wildman–Crippen LogP) is -1.46. The first-order chi connectivity index (χ1) is 19.8. The second kappa shape index (κ2) is 11.8. The molecule has 42 heavy (non-hydrogen) atoms. The zero-order valence-corrected chi connectivity index (χ0v) is 22.1. The van der Waals surface area contributed by atoms with Crippen LogP contribution in [0.25, 0.3) is 0 Å². The monoisotopic (exact) mass is 596 g/mol. The predicted molar refractivity (Wildman–Crippen MR) is 136 cm³/mol. The summed E-state index contributed by atoms with van der Waals surface area (Å²) in [7, 11) is 0. The van der Waals surface area contributed by atoms with Gasteiger partial charge in [0.05, 0.1) is 19.1 Å². The number of hydrogen-bond donors (Lipinski definition) is 9. The normalized spacial score (nSPS) is 36.6. The number of fused-ring (bicyclic) bond motifs is 1. The zero-order valence-electron chi connectivity index (χ0n) is 22.1. The molecule has 230 valence electrons. The summed E-state index contributed by atoms with van der Waals surface area (Å²) in [4.78, 5) is 12.8. The summed E-state index contributed by atoms with van der Waals surface area (Å²) >= 11 is 0. The molecule has 0 aliphatic carbocycles. The number of Topliss-reactive ketones (excluding diaryl/α,β-unsaturated/α-hetero) is 1. The number of carbonyl (C=O) groups is 1. The Bertz CT molecular complexity index is 1300. The largest absolute Gasteiger partial charge is 0.507 e. The molecular weight excluding hydrogens is 564 g/mol. The number of aromatic hydroxyl groups is 3. The van der Waals surface area contributed by atoms with Gasteiger partial charge in [0.15, 0.2) is 23.6 Å². The van der Waals surface area contributed by atoms with Crippen molar-refractivity contribution in [1.29, 1.82) is 0 Å². The molecule has 15 nitrogen and oxygen atoms in total. The molecule has 2 aromatic carbocycles. The number of ether oxygens (including phenoxy) is 5. The van der Waals surface area contributed by atoms with E-state index in [9.17, 15) is 50.8 Å². The maximum Gasteiger partial charge on any atom is 0.229 e. The van der Waals surface area contributed by atoms with Crippen LogP contribution in [0.3, 0.4) is 0 Å². The first-order valence-corrected chi connectivity index (χ1v) is 13.1. The molecule has 11 atom stereocenters. The van der Waals surface area contributed by atoms with Gasteiger partial charge in [-0.1, -0.05) is 6.07 Å². The molecular formula is C27H32O15. The lowest BCUT2D eigenvalue weighted by atomic mass is 9.95. The fourth-order valence-corrected chi connectivity index (χ4v) is 5.04. The summed E-state index contributed by atoms with van der Waals surface area (Å²) in [5.74, 6) is -1.96.